The van der Waals surface area contributed by atoms with Crippen LogP contribution in [0.3, 0.4) is 0 Å². The van der Waals surface area contributed by atoms with Gasteiger partial charge >= 0.3 is 0 Å². The molecule has 2 rings (SSSR count). The number of anilines is 1. The van der Waals surface area contributed by atoms with E-state index in [-0.39, 0.29) is 28.7 Å². The zero-order valence-electron chi connectivity index (χ0n) is 16.7. The van der Waals surface area contributed by atoms with E-state index in [0.29, 0.717) is 18.8 Å². The lowest BCUT2D eigenvalue weighted by molar-refractivity contribution is -0.385. The summed E-state index contributed by atoms with van der Waals surface area (Å²) >= 11 is 0. The number of nitro groups is 1. The Bertz CT molecular complexity index is 928. The van der Waals surface area contributed by atoms with Gasteiger partial charge in [0.05, 0.1) is 24.7 Å². The van der Waals surface area contributed by atoms with Gasteiger partial charge in [-0.25, -0.2) is 0 Å². The number of nitro benzene ring substituents is 1. The molecule has 0 saturated carbocycles. The van der Waals surface area contributed by atoms with Crippen molar-refractivity contribution in [3.05, 3.63) is 57.6 Å². The fourth-order valence-electron chi connectivity index (χ4n) is 2.64. The highest BCUT2D eigenvalue weighted by Crippen LogP contribution is 2.35. The molecule has 0 spiro atoms. The quantitative estimate of drug-likeness (QED) is 0.537. The predicted octanol–water partition coefficient (Wildman–Crippen LogP) is 3.23. The lowest BCUT2D eigenvalue weighted by atomic mass is 10.1. The first kappa shape index (κ1) is 21.7. The van der Waals surface area contributed by atoms with Gasteiger partial charge in [-0.3, -0.25) is 19.7 Å². The average molecular weight is 401 g/mol. The monoisotopic (exact) mass is 401 g/mol. The summed E-state index contributed by atoms with van der Waals surface area (Å²) in [6.07, 6.45) is 0. The van der Waals surface area contributed by atoms with Gasteiger partial charge < -0.3 is 19.7 Å². The third-order valence-electron chi connectivity index (χ3n) is 4.17. The predicted molar refractivity (Wildman–Crippen MR) is 107 cm³/mol. The fourth-order valence-corrected chi connectivity index (χ4v) is 2.64. The Labute approximate surface area is 168 Å². The van der Waals surface area contributed by atoms with Crippen LogP contribution in [-0.4, -0.2) is 42.4 Å². The van der Waals surface area contributed by atoms with Gasteiger partial charge in [-0.1, -0.05) is 12.1 Å². The molecule has 0 saturated heterocycles. The first-order valence-corrected chi connectivity index (χ1v) is 8.88. The molecule has 9 heteroatoms. The lowest BCUT2D eigenvalue weighted by Crippen LogP contribution is -2.23. The molecule has 0 heterocycles. The van der Waals surface area contributed by atoms with Gasteiger partial charge in [0.15, 0.2) is 11.5 Å². The zero-order valence-corrected chi connectivity index (χ0v) is 16.7. The van der Waals surface area contributed by atoms with Crippen LogP contribution in [0.15, 0.2) is 36.4 Å². The van der Waals surface area contributed by atoms with Crippen LogP contribution in [-0.2, 0) is 11.3 Å². The largest absolute Gasteiger partial charge is 0.493 e. The number of methoxy groups -OCH3 is 1. The highest BCUT2D eigenvalue weighted by Gasteiger charge is 2.25. The molecule has 0 fully saturated rings. The molecule has 0 aromatic heterocycles. The van der Waals surface area contributed by atoms with Crippen LogP contribution in [0.5, 0.6) is 11.5 Å². The smallest absolute Gasteiger partial charge is 0.286 e. The summed E-state index contributed by atoms with van der Waals surface area (Å²) < 4.78 is 10.5. The highest BCUT2D eigenvalue weighted by molar-refractivity contribution is 6.07. The maximum Gasteiger partial charge on any atom is 0.286 e. The van der Waals surface area contributed by atoms with E-state index in [1.54, 1.807) is 32.2 Å². The molecule has 2 aromatic carbocycles. The lowest BCUT2D eigenvalue weighted by Gasteiger charge is -2.15. The van der Waals surface area contributed by atoms with E-state index in [9.17, 15) is 19.7 Å². The Morgan fingerprint density at radius 2 is 1.93 bits per heavy atom. The maximum atomic E-state index is 12.7. The van der Waals surface area contributed by atoms with Crippen LogP contribution < -0.4 is 14.8 Å². The second-order valence-electron chi connectivity index (χ2n) is 6.24. The second kappa shape index (κ2) is 9.54. The Kier molecular flexibility index (Phi) is 7.13. The van der Waals surface area contributed by atoms with Crippen molar-refractivity contribution in [1.29, 1.82) is 0 Å². The summed E-state index contributed by atoms with van der Waals surface area (Å²) in [6, 6.07) is 9.37. The van der Waals surface area contributed by atoms with Crippen LogP contribution in [0.4, 0.5) is 11.4 Å². The number of hydrogen-bond donors (Lipinski definition) is 1. The summed E-state index contributed by atoms with van der Waals surface area (Å²) in [6.45, 7) is 3.86. The molecule has 29 heavy (non-hydrogen) atoms. The molecule has 1 N–H and O–H groups in total. The molecule has 0 bridgehead atoms. The van der Waals surface area contributed by atoms with Crippen LogP contribution >= 0.6 is 0 Å². The fraction of sp³-hybridized carbons (Fsp3) is 0.300. The molecule has 154 valence electrons. The van der Waals surface area contributed by atoms with Gasteiger partial charge in [-0.2, -0.15) is 0 Å². The van der Waals surface area contributed by atoms with E-state index >= 15 is 0 Å². The number of carbonyl (C=O) groups excluding carboxylic acids is 2. The Morgan fingerprint density at radius 1 is 1.21 bits per heavy atom. The maximum absolute atomic E-state index is 12.7. The van der Waals surface area contributed by atoms with Gasteiger partial charge in [0, 0.05) is 32.3 Å². The Hall–Kier alpha value is -3.62. The van der Waals surface area contributed by atoms with Gasteiger partial charge in [-0.05, 0) is 24.6 Å². The van der Waals surface area contributed by atoms with E-state index in [4.69, 9.17) is 9.47 Å². The number of hydrogen-bond acceptors (Lipinski definition) is 6. The molecular formula is C20H23N3O6. The van der Waals surface area contributed by atoms with Crippen LogP contribution in [0.2, 0.25) is 0 Å². The number of amides is 2. The molecule has 0 unspecified atom stereocenters. The molecule has 0 radical (unpaired) electrons. The standard InChI is InChI=1S/C20H23N3O6/c1-5-29-19-11-17(23(26)27)16(10-18(19)28-4)20(25)21-15-8-6-7-14(9-15)12-22(3)13(2)24/h6-11H,5,12H2,1-4H3,(H,21,25). The highest BCUT2D eigenvalue weighted by atomic mass is 16.6. The van der Waals surface area contributed by atoms with Gasteiger partial charge in [-0.15, -0.1) is 0 Å². The van der Waals surface area contributed by atoms with Crippen LogP contribution in [0.1, 0.15) is 29.8 Å². The van der Waals surface area contributed by atoms with Crippen molar-refractivity contribution in [2.45, 2.75) is 20.4 Å². The van der Waals surface area contributed by atoms with Crippen molar-refractivity contribution in [3.63, 3.8) is 0 Å². The third kappa shape index (κ3) is 5.44. The van der Waals surface area contributed by atoms with Crippen molar-refractivity contribution in [2.24, 2.45) is 0 Å². The van der Waals surface area contributed by atoms with Gasteiger partial charge in [0.2, 0.25) is 5.91 Å². The van der Waals surface area contributed by atoms with Crippen molar-refractivity contribution in [1.82, 2.24) is 4.90 Å². The van der Waals surface area contributed by atoms with Gasteiger partial charge in [0.1, 0.15) is 5.56 Å². The van der Waals surface area contributed by atoms with E-state index in [1.807, 2.05) is 6.07 Å². The Morgan fingerprint density at radius 3 is 2.52 bits per heavy atom. The van der Waals surface area contributed by atoms with Crippen molar-refractivity contribution < 1.29 is 24.0 Å². The average Bonchev–Trinajstić information content (AvgIpc) is 2.67. The Balaban J connectivity index is 2.33. The number of rotatable bonds is 8. The van der Waals surface area contributed by atoms with E-state index in [2.05, 4.69) is 5.32 Å². The van der Waals surface area contributed by atoms with Crippen molar-refractivity contribution in [2.75, 3.05) is 26.1 Å². The first-order valence-electron chi connectivity index (χ1n) is 8.88. The van der Waals surface area contributed by atoms with Crippen molar-refractivity contribution >= 4 is 23.2 Å². The van der Waals surface area contributed by atoms with Crippen LogP contribution in [0, 0.1) is 10.1 Å². The molecule has 9 nitrogen and oxygen atoms in total. The number of nitrogens with zero attached hydrogens (tertiary/aromatic N) is 2. The minimum atomic E-state index is -0.657. The SMILES string of the molecule is CCOc1cc([N+](=O)[O-])c(C(=O)Nc2cccc(CN(C)C(C)=O)c2)cc1OC. The molecule has 0 atom stereocenters. The minimum Gasteiger partial charge on any atom is -0.493 e. The topological polar surface area (TPSA) is 111 Å². The van der Waals surface area contributed by atoms with E-state index in [0.717, 1.165) is 5.56 Å². The number of nitrogens with one attached hydrogen (secondary N) is 1. The number of benzene rings is 2. The first-order chi connectivity index (χ1) is 13.8. The molecule has 0 aliphatic carbocycles. The number of carbonyl (C=O) groups is 2. The normalized spacial score (nSPS) is 10.2. The number of ether oxygens (including phenoxy) is 2. The van der Waals surface area contributed by atoms with Crippen LogP contribution in [0.25, 0.3) is 0 Å². The molecule has 0 aliphatic heterocycles. The zero-order chi connectivity index (χ0) is 21.6. The van der Waals surface area contributed by atoms with E-state index in [1.165, 1.54) is 31.1 Å². The molecular weight excluding hydrogens is 378 g/mol. The molecule has 2 aromatic rings. The summed E-state index contributed by atoms with van der Waals surface area (Å²) in [5.41, 5.74) is 0.714. The third-order valence-corrected chi connectivity index (χ3v) is 4.17. The van der Waals surface area contributed by atoms with E-state index < -0.39 is 10.8 Å². The summed E-state index contributed by atoms with van der Waals surface area (Å²) in [5, 5.41) is 14.1. The molecule has 2 amide bonds. The summed E-state index contributed by atoms with van der Waals surface area (Å²) in [5.74, 6) is -0.335. The van der Waals surface area contributed by atoms with Gasteiger partial charge in [0.25, 0.3) is 11.6 Å². The summed E-state index contributed by atoms with van der Waals surface area (Å²) in [7, 11) is 3.06. The summed E-state index contributed by atoms with van der Waals surface area (Å²) in [4.78, 5) is 36.5. The van der Waals surface area contributed by atoms with Crippen molar-refractivity contribution in [3.8, 4) is 11.5 Å². The minimum absolute atomic E-state index is 0.0865. The molecule has 0 aliphatic rings. The second-order valence-corrected chi connectivity index (χ2v) is 6.24.